The van der Waals surface area contributed by atoms with E-state index in [-0.39, 0.29) is 41.6 Å². The van der Waals surface area contributed by atoms with Crippen LogP contribution in [0.2, 0.25) is 0 Å². The number of nitrogens with zero attached hydrogens (tertiary/aromatic N) is 1. The molecule has 1 heterocycles. The molecule has 1 atom stereocenters. The van der Waals surface area contributed by atoms with Gasteiger partial charge in [-0.3, -0.25) is 24.1 Å². The largest absolute Gasteiger partial charge is 0.354 e. The molecule has 3 N–H and O–H groups in total. The highest BCUT2D eigenvalue weighted by molar-refractivity contribution is 6.12. The maximum absolute atomic E-state index is 12.1. The number of carbonyl (C=O) groups is 5. The van der Waals surface area contributed by atoms with E-state index >= 15 is 0 Å². The van der Waals surface area contributed by atoms with Crippen molar-refractivity contribution in [2.75, 3.05) is 19.6 Å². The second-order valence-corrected chi connectivity index (χ2v) is 8.36. The van der Waals surface area contributed by atoms with Gasteiger partial charge < -0.3 is 20.7 Å². The van der Waals surface area contributed by atoms with Crippen molar-refractivity contribution in [3.05, 3.63) is 12.2 Å². The molecule has 30 heavy (non-hydrogen) atoms. The summed E-state index contributed by atoms with van der Waals surface area (Å²) in [4.78, 5) is 59.1. The average molecular weight is 421 g/mol. The van der Waals surface area contributed by atoms with Gasteiger partial charge in [-0.05, 0) is 31.6 Å². The third-order valence-corrected chi connectivity index (χ3v) is 5.48. The maximum atomic E-state index is 12.1. The van der Waals surface area contributed by atoms with Crippen molar-refractivity contribution in [3.63, 3.8) is 0 Å². The predicted molar refractivity (Wildman–Crippen MR) is 110 cm³/mol. The predicted octanol–water partition coefficient (Wildman–Crippen LogP) is 0.0499. The molecule has 0 aromatic rings. The molecular formula is C21H32N4O5. The van der Waals surface area contributed by atoms with Gasteiger partial charge in [-0.1, -0.05) is 20.3 Å². The Morgan fingerprint density at radius 3 is 2.33 bits per heavy atom. The highest BCUT2D eigenvalue weighted by Gasteiger charge is 2.42. The van der Waals surface area contributed by atoms with E-state index in [0.29, 0.717) is 32.4 Å². The Labute approximate surface area is 177 Å². The van der Waals surface area contributed by atoms with E-state index in [4.69, 9.17) is 0 Å². The third-order valence-electron chi connectivity index (χ3n) is 5.48. The van der Waals surface area contributed by atoms with Crippen molar-refractivity contribution in [1.29, 1.82) is 0 Å². The van der Waals surface area contributed by atoms with Gasteiger partial charge >= 0.3 is 0 Å². The Kier molecular flexibility index (Phi) is 8.71. The Morgan fingerprint density at radius 1 is 1.10 bits per heavy atom. The van der Waals surface area contributed by atoms with Crippen LogP contribution in [-0.2, 0) is 24.0 Å². The quantitative estimate of drug-likeness (QED) is 0.207. The number of amides is 4. The van der Waals surface area contributed by atoms with Crippen LogP contribution in [0.4, 0.5) is 0 Å². The van der Waals surface area contributed by atoms with Crippen molar-refractivity contribution < 1.29 is 24.0 Å². The van der Waals surface area contributed by atoms with Crippen LogP contribution in [-0.4, -0.2) is 66.0 Å². The summed E-state index contributed by atoms with van der Waals surface area (Å²) in [6.07, 6.45) is 7.53. The molecule has 0 saturated heterocycles. The summed E-state index contributed by atoms with van der Waals surface area (Å²) in [6, 6.07) is -0.493. The van der Waals surface area contributed by atoms with Gasteiger partial charge in [0.2, 0.25) is 11.8 Å². The van der Waals surface area contributed by atoms with E-state index in [1.54, 1.807) is 0 Å². The lowest BCUT2D eigenvalue weighted by molar-refractivity contribution is -0.137. The first kappa shape index (κ1) is 23.7. The Balaban J connectivity index is 1.56. The molecule has 9 heteroatoms. The molecule has 166 valence electrons. The summed E-state index contributed by atoms with van der Waals surface area (Å²) in [6.45, 7) is 4.68. The lowest BCUT2D eigenvalue weighted by Crippen LogP contribution is -2.49. The first-order valence-corrected chi connectivity index (χ1v) is 10.6. The molecule has 0 radical (unpaired) electrons. The average Bonchev–Trinajstić information content (AvgIpc) is 3.42. The SMILES string of the molecule is CC(C)[C@@H](C=O)NC(=O)CNC1(CNC(=O)CCCCCN2C(=O)C=CC2=O)CC1. The molecule has 0 aromatic heterocycles. The molecule has 1 aliphatic heterocycles. The number of hydrogen-bond donors (Lipinski definition) is 3. The number of aldehydes is 1. The summed E-state index contributed by atoms with van der Waals surface area (Å²) in [5, 5.41) is 8.79. The highest BCUT2D eigenvalue weighted by atomic mass is 16.2. The first-order chi connectivity index (χ1) is 14.3. The van der Waals surface area contributed by atoms with Crippen LogP contribution < -0.4 is 16.0 Å². The van der Waals surface area contributed by atoms with Crippen molar-refractivity contribution >= 4 is 29.9 Å². The molecule has 1 saturated carbocycles. The minimum Gasteiger partial charge on any atom is -0.354 e. The van der Waals surface area contributed by atoms with E-state index in [0.717, 1.165) is 25.5 Å². The fourth-order valence-electron chi connectivity index (χ4n) is 3.17. The zero-order valence-electron chi connectivity index (χ0n) is 17.7. The standard InChI is InChI=1S/C21H32N4O5/c1-15(2)16(13-26)24-18(28)12-23-21(9-10-21)14-22-17(27)6-4-3-5-11-25-19(29)7-8-20(25)30/h7-8,13,15-16,23H,3-6,9-12,14H2,1-2H3,(H,22,27)(H,24,28)/t16-/m1/s1. The smallest absolute Gasteiger partial charge is 0.253 e. The van der Waals surface area contributed by atoms with Gasteiger partial charge in [-0.15, -0.1) is 0 Å². The zero-order valence-corrected chi connectivity index (χ0v) is 17.7. The lowest BCUT2D eigenvalue weighted by atomic mass is 10.1. The molecule has 1 aliphatic carbocycles. The van der Waals surface area contributed by atoms with Crippen molar-refractivity contribution in [2.24, 2.45) is 5.92 Å². The third kappa shape index (κ3) is 7.37. The van der Waals surface area contributed by atoms with Gasteiger partial charge in [0.25, 0.3) is 11.8 Å². The maximum Gasteiger partial charge on any atom is 0.253 e. The van der Waals surface area contributed by atoms with Crippen molar-refractivity contribution in [3.8, 4) is 0 Å². The second-order valence-electron chi connectivity index (χ2n) is 8.36. The lowest BCUT2D eigenvalue weighted by Gasteiger charge is -2.20. The van der Waals surface area contributed by atoms with Crippen LogP contribution in [0, 0.1) is 5.92 Å². The zero-order chi connectivity index (χ0) is 22.1. The van der Waals surface area contributed by atoms with E-state index in [2.05, 4.69) is 16.0 Å². The molecule has 4 amide bonds. The Morgan fingerprint density at radius 2 is 1.77 bits per heavy atom. The minimum absolute atomic E-state index is 0.0358. The molecule has 1 fully saturated rings. The molecule has 9 nitrogen and oxygen atoms in total. The number of nitrogens with one attached hydrogen (secondary N) is 3. The van der Waals surface area contributed by atoms with Gasteiger partial charge in [0, 0.05) is 37.2 Å². The summed E-state index contributed by atoms with van der Waals surface area (Å²) < 4.78 is 0. The van der Waals surface area contributed by atoms with E-state index < -0.39 is 6.04 Å². The van der Waals surface area contributed by atoms with Crippen molar-refractivity contribution in [2.45, 2.75) is 64.0 Å². The van der Waals surface area contributed by atoms with E-state index in [1.807, 2.05) is 13.8 Å². The van der Waals surface area contributed by atoms with Gasteiger partial charge in [0.05, 0.1) is 12.6 Å². The van der Waals surface area contributed by atoms with Crippen LogP contribution in [0.1, 0.15) is 52.4 Å². The van der Waals surface area contributed by atoms with Crippen LogP contribution in [0.15, 0.2) is 12.2 Å². The highest BCUT2D eigenvalue weighted by Crippen LogP contribution is 2.34. The van der Waals surface area contributed by atoms with Crippen LogP contribution in [0.5, 0.6) is 0 Å². The normalized spacial score (nSPS) is 17.9. The fourth-order valence-corrected chi connectivity index (χ4v) is 3.17. The fraction of sp³-hybridized carbons (Fsp3) is 0.667. The van der Waals surface area contributed by atoms with Crippen LogP contribution >= 0.6 is 0 Å². The summed E-state index contributed by atoms with van der Waals surface area (Å²) in [5.41, 5.74) is -0.245. The van der Waals surface area contributed by atoms with Crippen LogP contribution in [0.25, 0.3) is 0 Å². The van der Waals surface area contributed by atoms with Gasteiger partial charge in [-0.25, -0.2) is 0 Å². The topological polar surface area (TPSA) is 125 Å². The monoisotopic (exact) mass is 420 g/mol. The molecular weight excluding hydrogens is 388 g/mol. The summed E-state index contributed by atoms with van der Waals surface area (Å²) in [5.74, 6) is -0.806. The van der Waals surface area contributed by atoms with E-state index in [1.165, 1.54) is 17.1 Å². The second kappa shape index (κ2) is 11.0. The molecule has 0 unspecified atom stereocenters. The van der Waals surface area contributed by atoms with Gasteiger partial charge in [0.15, 0.2) is 0 Å². The Bertz CT molecular complexity index is 682. The molecule has 2 aliphatic rings. The number of rotatable bonds is 14. The Hall–Kier alpha value is -2.55. The molecule has 2 rings (SSSR count). The summed E-state index contributed by atoms with van der Waals surface area (Å²) >= 11 is 0. The minimum atomic E-state index is -0.493. The molecule has 0 bridgehead atoms. The van der Waals surface area contributed by atoms with Gasteiger partial charge in [0.1, 0.15) is 6.29 Å². The summed E-state index contributed by atoms with van der Waals surface area (Å²) in [7, 11) is 0. The van der Waals surface area contributed by atoms with E-state index in [9.17, 15) is 24.0 Å². The van der Waals surface area contributed by atoms with Crippen LogP contribution in [0.3, 0.4) is 0 Å². The number of imide groups is 1. The van der Waals surface area contributed by atoms with Gasteiger partial charge in [-0.2, -0.15) is 0 Å². The molecule has 0 spiro atoms. The van der Waals surface area contributed by atoms with Crippen molar-refractivity contribution in [1.82, 2.24) is 20.9 Å². The number of carbonyl (C=O) groups excluding carboxylic acids is 5. The number of hydrogen-bond acceptors (Lipinski definition) is 6. The first-order valence-electron chi connectivity index (χ1n) is 10.6. The molecule has 0 aromatic carbocycles. The number of unbranched alkanes of at least 4 members (excludes halogenated alkanes) is 2.